The van der Waals surface area contributed by atoms with Gasteiger partial charge in [0.15, 0.2) is 11.6 Å². The molecule has 0 aliphatic heterocycles. The van der Waals surface area contributed by atoms with Crippen LogP contribution in [0.15, 0.2) is 41.8 Å². The molecule has 1 unspecified atom stereocenters. The molecule has 102 valence electrons. The van der Waals surface area contributed by atoms with Gasteiger partial charge in [0.25, 0.3) is 0 Å². The van der Waals surface area contributed by atoms with Crippen molar-refractivity contribution in [2.24, 2.45) is 0 Å². The number of benzene rings is 1. The number of rotatable bonds is 3. The fourth-order valence-electron chi connectivity index (χ4n) is 1.79. The van der Waals surface area contributed by atoms with Crippen molar-refractivity contribution in [1.82, 2.24) is 15.0 Å². The van der Waals surface area contributed by atoms with Crippen molar-refractivity contribution < 1.29 is 13.3 Å². The molecule has 7 heteroatoms. The maximum Gasteiger partial charge on any atom is 0.322 e. The Kier molecular flexibility index (Phi) is 3.37. The van der Waals surface area contributed by atoms with Crippen LogP contribution in [-0.4, -0.2) is 19.5 Å². The molecule has 0 aliphatic rings. The van der Waals surface area contributed by atoms with E-state index in [2.05, 4.69) is 15.0 Å². The number of fused-ring (bicyclic) bond motifs is 1. The Morgan fingerprint density at radius 1 is 1.20 bits per heavy atom. The Hall–Kier alpha value is -1.99. The number of H-pyrrole nitrogens is 1. The lowest BCUT2D eigenvalue weighted by atomic mass is 10.2. The summed E-state index contributed by atoms with van der Waals surface area (Å²) in [6, 6.07) is 5.18. The van der Waals surface area contributed by atoms with Gasteiger partial charge in [0.1, 0.15) is 11.3 Å². The van der Waals surface area contributed by atoms with Gasteiger partial charge in [-0.15, -0.1) is 0 Å². The fourth-order valence-corrected chi connectivity index (χ4v) is 2.83. The van der Waals surface area contributed by atoms with Crippen LogP contribution < -0.4 is 0 Å². The van der Waals surface area contributed by atoms with Crippen LogP contribution in [0.1, 0.15) is 5.56 Å². The van der Waals surface area contributed by atoms with E-state index in [0.29, 0.717) is 11.1 Å². The molecule has 0 saturated carbocycles. The lowest BCUT2D eigenvalue weighted by Crippen LogP contribution is -2.07. The number of aromatic nitrogens is 3. The number of aromatic amines is 1. The molecular weight excluding hydrogens is 284 g/mol. The minimum Gasteiger partial charge on any atom is -0.609 e. The van der Waals surface area contributed by atoms with E-state index in [0.717, 1.165) is 17.6 Å². The van der Waals surface area contributed by atoms with Gasteiger partial charge in [-0.05, 0) is 18.2 Å². The van der Waals surface area contributed by atoms with Crippen molar-refractivity contribution in [1.29, 1.82) is 0 Å². The van der Waals surface area contributed by atoms with Crippen LogP contribution in [0.2, 0.25) is 0 Å². The van der Waals surface area contributed by atoms with Crippen LogP contribution >= 0.6 is 0 Å². The van der Waals surface area contributed by atoms with Gasteiger partial charge < -0.3 is 4.55 Å². The second-order valence-electron chi connectivity index (χ2n) is 4.17. The van der Waals surface area contributed by atoms with Crippen LogP contribution in [0.3, 0.4) is 0 Å². The maximum atomic E-state index is 13.1. The zero-order valence-corrected chi connectivity index (χ0v) is 11.0. The Morgan fingerprint density at radius 3 is 2.80 bits per heavy atom. The third-order valence-corrected chi connectivity index (χ3v) is 3.98. The summed E-state index contributed by atoms with van der Waals surface area (Å²) in [4.78, 5) is 11.0. The molecule has 3 rings (SSSR count). The quantitative estimate of drug-likeness (QED) is 0.755. The zero-order valence-electron chi connectivity index (χ0n) is 10.1. The number of hydrogen-bond acceptors (Lipinski definition) is 3. The number of nitrogens with one attached hydrogen (secondary N) is 1. The molecule has 0 aliphatic carbocycles. The maximum absolute atomic E-state index is 13.1. The van der Waals surface area contributed by atoms with E-state index in [1.165, 1.54) is 6.07 Å². The third-order valence-electron chi connectivity index (χ3n) is 2.76. The first kappa shape index (κ1) is 13.0. The number of hydrogen-bond donors (Lipinski definition) is 1. The van der Waals surface area contributed by atoms with Crippen molar-refractivity contribution >= 4 is 22.2 Å². The molecule has 1 aromatic carbocycles. The number of imidazole rings is 1. The van der Waals surface area contributed by atoms with E-state index < -0.39 is 22.8 Å². The number of halogens is 2. The minimum atomic E-state index is -1.47. The first-order chi connectivity index (χ1) is 9.63. The lowest BCUT2D eigenvalue weighted by Gasteiger charge is -2.07. The Bertz CT molecular complexity index is 729. The summed E-state index contributed by atoms with van der Waals surface area (Å²) >= 11 is -1.47. The predicted molar refractivity (Wildman–Crippen MR) is 70.4 cm³/mol. The fraction of sp³-hybridized carbons (Fsp3) is 0.0769. The first-order valence-electron chi connectivity index (χ1n) is 5.75. The van der Waals surface area contributed by atoms with Crippen molar-refractivity contribution in [3.63, 3.8) is 0 Å². The molecule has 2 aromatic heterocycles. The van der Waals surface area contributed by atoms with Gasteiger partial charge in [0.05, 0.1) is 11.7 Å². The highest BCUT2D eigenvalue weighted by Crippen LogP contribution is 2.18. The Balaban J connectivity index is 1.84. The van der Waals surface area contributed by atoms with Crippen molar-refractivity contribution in [3.8, 4) is 0 Å². The highest BCUT2D eigenvalue weighted by atomic mass is 32.2. The van der Waals surface area contributed by atoms with Gasteiger partial charge in [-0.3, -0.25) is 9.97 Å². The largest absolute Gasteiger partial charge is 0.609 e. The molecule has 0 radical (unpaired) electrons. The van der Waals surface area contributed by atoms with E-state index in [4.69, 9.17) is 0 Å². The van der Waals surface area contributed by atoms with Crippen LogP contribution in [0.5, 0.6) is 0 Å². The molecule has 0 bridgehead atoms. The summed E-state index contributed by atoms with van der Waals surface area (Å²) in [5, 5.41) is 0.290. The topological polar surface area (TPSA) is 64.6 Å². The molecule has 20 heavy (non-hydrogen) atoms. The van der Waals surface area contributed by atoms with E-state index in [1.807, 2.05) is 0 Å². The second kappa shape index (κ2) is 5.18. The standard InChI is InChI=1S/C13H9F2N3OS/c14-9-2-1-8(5-10(9)15)7-20(19)13-17-11-3-4-16-6-12(11)18-13/h1-6H,7H2,(H,17,18). The predicted octanol–water partition coefficient (Wildman–Crippen LogP) is 2.54. The molecule has 4 nitrogen and oxygen atoms in total. The molecule has 1 atom stereocenters. The minimum absolute atomic E-state index is 0.0600. The summed E-state index contributed by atoms with van der Waals surface area (Å²) in [7, 11) is 0. The van der Waals surface area contributed by atoms with E-state index >= 15 is 0 Å². The van der Waals surface area contributed by atoms with Gasteiger partial charge >= 0.3 is 5.16 Å². The van der Waals surface area contributed by atoms with E-state index in [9.17, 15) is 13.3 Å². The average Bonchev–Trinajstić information content (AvgIpc) is 2.87. The summed E-state index contributed by atoms with van der Waals surface area (Å²) in [5.74, 6) is -1.81. The summed E-state index contributed by atoms with van der Waals surface area (Å²) in [6.45, 7) is 0. The molecular formula is C13H9F2N3OS. The monoisotopic (exact) mass is 293 g/mol. The summed E-state index contributed by atoms with van der Waals surface area (Å²) < 4.78 is 38.1. The first-order valence-corrected chi connectivity index (χ1v) is 7.07. The van der Waals surface area contributed by atoms with Crippen LogP contribution in [-0.2, 0) is 16.9 Å². The number of nitrogens with zero attached hydrogens (tertiary/aromatic N) is 2. The number of pyridine rings is 1. The molecule has 3 aromatic rings. The van der Waals surface area contributed by atoms with Crippen molar-refractivity contribution in [3.05, 3.63) is 53.9 Å². The smallest absolute Gasteiger partial charge is 0.322 e. The van der Waals surface area contributed by atoms with Crippen LogP contribution in [0.4, 0.5) is 8.78 Å². The van der Waals surface area contributed by atoms with Crippen molar-refractivity contribution in [2.75, 3.05) is 0 Å². The normalized spacial score (nSPS) is 12.8. The van der Waals surface area contributed by atoms with Gasteiger partial charge in [-0.1, -0.05) is 6.07 Å². The summed E-state index contributed by atoms with van der Waals surface area (Å²) in [5.41, 5.74) is 1.79. The van der Waals surface area contributed by atoms with Crippen LogP contribution in [0, 0.1) is 11.6 Å². The molecule has 2 heterocycles. The zero-order chi connectivity index (χ0) is 14.1. The average molecular weight is 293 g/mol. The lowest BCUT2D eigenvalue weighted by molar-refractivity contribution is 0.507. The SMILES string of the molecule is [O-][S+](Cc1ccc(F)c(F)c1)c1nc2cnccc2[nH]1. The Labute approximate surface area is 116 Å². The molecule has 1 N–H and O–H groups in total. The van der Waals surface area contributed by atoms with E-state index in [1.54, 1.807) is 18.5 Å². The third kappa shape index (κ3) is 2.50. The van der Waals surface area contributed by atoms with Gasteiger partial charge in [-0.25, -0.2) is 8.78 Å². The molecule has 0 saturated heterocycles. The van der Waals surface area contributed by atoms with Crippen molar-refractivity contribution in [2.45, 2.75) is 10.9 Å². The van der Waals surface area contributed by atoms with Gasteiger partial charge in [0.2, 0.25) is 0 Å². The molecule has 0 fully saturated rings. The molecule has 0 spiro atoms. The second-order valence-corrected chi connectivity index (χ2v) is 5.54. The van der Waals surface area contributed by atoms with Crippen LogP contribution in [0.25, 0.3) is 11.0 Å². The van der Waals surface area contributed by atoms with E-state index in [-0.39, 0.29) is 10.9 Å². The highest BCUT2D eigenvalue weighted by molar-refractivity contribution is 7.90. The highest BCUT2D eigenvalue weighted by Gasteiger charge is 2.18. The van der Waals surface area contributed by atoms with Gasteiger partial charge in [0, 0.05) is 22.9 Å². The Morgan fingerprint density at radius 2 is 2.05 bits per heavy atom. The summed E-state index contributed by atoms with van der Waals surface area (Å²) in [6.07, 6.45) is 3.16. The molecule has 0 amide bonds. The van der Waals surface area contributed by atoms with Gasteiger partial charge in [-0.2, -0.15) is 4.98 Å².